The highest BCUT2D eigenvalue weighted by molar-refractivity contribution is 5.83. The highest BCUT2D eigenvalue weighted by Gasteiger charge is 2.25. The normalized spacial score (nSPS) is 34.4. The van der Waals surface area contributed by atoms with E-state index in [0.717, 1.165) is 12.8 Å². The molecular weight excluding hydrogens is 128 g/mol. The predicted octanol–water partition coefficient (Wildman–Crippen LogP) is 1.13. The maximum atomic E-state index is 10.8. The Balaban J connectivity index is 2.40. The van der Waals surface area contributed by atoms with E-state index in [2.05, 4.69) is 6.92 Å². The third kappa shape index (κ3) is 1.57. The van der Waals surface area contributed by atoms with Gasteiger partial charge in [0.2, 0.25) is 0 Å². The van der Waals surface area contributed by atoms with Crippen LogP contribution in [0.3, 0.4) is 0 Å². The van der Waals surface area contributed by atoms with Gasteiger partial charge < -0.3 is 5.11 Å². The van der Waals surface area contributed by atoms with Crippen LogP contribution in [-0.4, -0.2) is 17.0 Å². The molecule has 0 amide bonds. The molecule has 0 saturated heterocycles. The van der Waals surface area contributed by atoms with Gasteiger partial charge in [-0.05, 0) is 18.8 Å². The number of aliphatic hydroxyl groups is 1. The van der Waals surface area contributed by atoms with Crippen molar-refractivity contribution in [1.29, 1.82) is 0 Å². The van der Waals surface area contributed by atoms with Crippen LogP contribution in [-0.2, 0) is 4.79 Å². The van der Waals surface area contributed by atoms with Gasteiger partial charge in [-0.25, -0.2) is 0 Å². The minimum Gasteiger partial charge on any atom is -0.385 e. The number of carbonyl (C=O) groups excluding carboxylic acids is 1. The monoisotopic (exact) mass is 142 g/mol. The average molecular weight is 142 g/mol. The molecule has 1 fully saturated rings. The van der Waals surface area contributed by atoms with Crippen LogP contribution in [0.1, 0.15) is 32.6 Å². The van der Waals surface area contributed by atoms with Crippen LogP contribution in [0, 0.1) is 5.92 Å². The standard InChI is InChI=1S/C8H14O2/c1-2-6-3-4-7(9)8(10)5-6/h6,8,10H,2-5H2,1H3/t6?,8-/m1/s1. The fraction of sp³-hybridized carbons (Fsp3) is 0.875. The van der Waals surface area contributed by atoms with Crippen LogP contribution >= 0.6 is 0 Å². The van der Waals surface area contributed by atoms with E-state index in [-0.39, 0.29) is 5.78 Å². The molecular formula is C8H14O2. The molecule has 0 aliphatic heterocycles. The summed E-state index contributed by atoms with van der Waals surface area (Å²) >= 11 is 0. The summed E-state index contributed by atoms with van der Waals surface area (Å²) < 4.78 is 0. The summed E-state index contributed by atoms with van der Waals surface area (Å²) in [7, 11) is 0. The minimum atomic E-state index is -0.654. The summed E-state index contributed by atoms with van der Waals surface area (Å²) in [4.78, 5) is 10.8. The molecule has 0 spiro atoms. The molecule has 0 aromatic heterocycles. The van der Waals surface area contributed by atoms with E-state index in [4.69, 9.17) is 5.11 Å². The number of Topliss-reactive ketones (excluding diaryl/α,β-unsaturated/α-hetero) is 1. The van der Waals surface area contributed by atoms with Crippen molar-refractivity contribution in [2.24, 2.45) is 5.92 Å². The zero-order chi connectivity index (χ0) is 7.56. The van der Waals surface area contributed by atoms with Crippen molar-refractivity contribution in [3.05, 3.63) is 0 Å². The first-order valence-electron chi connectivity index (χ1n) is 3.94. The molecule has 1 aliphatic rings. The van der Waals surface area contributed by atoms with E-state index >= 15 is 0 Å². The number of hydrogen-bond acceptors (Lipinski definition) is 2. The van der Waals surface area contributed by atoms with Gasteiger partial charge in [-0.1, -0.05) is 13.3 Å². The van der Waals surface area contributed by atoms with Gasteiger partial charge >= 0.3 is 0 Å². The predicted molar refractivity (Wildman–Crippen MR) is 38.6 cm³/mol. The Morgan fingerprint density at radius 2 is 2.40 bits per heavy atom. The molecule has 2 nitrogen and oxygen atoms in total. The number of hydrogen-bond donors (Lipinski definition) is 1. The van der Waals surface area contributed by atoms with Crippen molar-refractivity contribution in [2.75, 3.05) is 0 Å². The van der Waals surface area contributed by atoms with Gasteiger partial charge in [0.05, 0.1) is 0 Å². The Hall–Kier alpha value is -0.370. The van der Waals surface area contributed by atoms with Crippen molar-refractivity contribution in [2.45, 2.75) is 38.7 Å². The summed E-state index contributed by atoms with van der Waals surface area (Å²) in [5, 5.41) is 9.13. The van der Waals surface area contributed by atoms with Crippen LogP contribution in [0.2, 0.25) is 0 Å². The molecule has 2 atom stereocenters. The molecule has 0 aromatic rings. The fourth-order valence-electron chi connectivity index (χ4n) is 1.45. The third-order valence-corrected chi connectivity index (χ3v) is 2.30. The Labute approximate surface area is 61.2 Å². The summed E-state index contributed by atoms with van der Waals surface area (Å²) in [6, 6.07) is 0. The summed E-state index contributed by atoms with van der Waals surface area (Å²) in [6.07, 6.45) is 2.69. The largest absolute Gasteiger partial charge is 0.385 e. The lowest BCUT2D eigenvalue weighted by atomic mass is 9.85. The highest BCUT2D eigenvalue weighted by Crippen LogP contribution is 2.23. The third-order valence-electron chi connectivity index (χ3n) is 2.30. The smallest absolute Gasteiger partial charge is 0.161 e. The van der Waals surface area contributed by atoms with Gasteiger partial charge in [0.1, 0.15) is 6.10 Å². The molecule has 58 valence electrons. The SMILES string of the molecule is CCC1CCC(=O)[C@H](O)C1. The fourth-order valence-corrected chi connectivity index (χ4v) is 1.45. The number of aliphatic hydroxyl groups excluding tert-OH is 1. The first-order chi connectivity index (χ1) is 4.74. The van der Waals surface area contributed by atoms with Crippen LogP contribution in [0.4, 0.5) is 0 Å². The lowest BCUT2D eigenvalue weighted by Gasteiger charge is -2.23. The second-order valence-electron chi connectivity index (χ2n) is 3.03. The maximum absolute atomic E-state index is 10.8. The lowest BCUT2D eigenvalue weighted by Crippen LogP contribution is -2.28. The topological polar surface area (TPSA) is 37.3 Å². The van der Waals surface area contributed by atoms with E-state index in [1.54, 1.807) is 0 Å². The minimum absolute atomic E-state index is 0.0321. The van der Waals surface area contributed by atoms with Crippen molar-refractivity contribution < 1.29 is 9.90 Å². The van der Waals surface area contributed by atoms with E-state index < -0.39 is 6.10 Å². The average Bonchev–Trinajstić information content (AvgIpc) is 1.95. The van der Waals surface area contributed by atoms with E-state index in [0.29, 0.717) is 18.8 Å². The van der Waals surface area contributed by atoms with Crippen molar-refractivity contribution in [1.82, 2.24) is 0 Å². The quantitative estimate of drug-likeness (QED) is 0.595. The number of carbonyl (C=O) groups is 1. The first kappa shape index (κ1) is 7.73. The van der Waals surface area contributed by atoms with Gasteiger partial charge in [-0.2, -0.15) is 0 Å². The molecule has 0 bridgehead atoms. The van der Waals surface area contributed by atoms with Crippen molar-refractivity contribution in [3.63, 3.8) is 0 Å². The molecule has 1 aliphatic carbocycles. The number of rotatable bonds is 1. The van der Waals surface area contributed by atoms with Crippen molar-refractivity contribution in [3.8, 4) is 0 Å². The summed E-state index contributed by atoms with van der Waals surface area (Å²) in [5.74, 6) is 0.609. The molecule has 1 rings (SSSR count). The van der Waals surface area contributed by atoms with Gasteiger partial charge in [-0.3, -0.25) is 4.79 Å². The van der Waals surface area contributed by atoms with Crippen LogP contribution in [0.5, 0.6) is 0 Å². The first-order valence-corrected chi connectivity index (χ1v) is 3.94. The van der Waals surface area contributed by atoms with Crippen LogP contribution < -0.4 is 0 Å². The van der Waals surface area contributed by atoms with Gasteiger partial charge in [-0.15, -0.1) is 0 Å². The van der Waals surface area contributed by atoms with Crippen molar-refractivity contribution >= 4 is 5.78 Å². The van der Waals surface area contributed by atoms with E-state index in [1.807, 2.05) is 0 Å². The second-order valence-corrected chi connectivity index (χ2v) is 3.03. The Kier molecular flexibility index (Phi) is 2.44. The zero-order valence-corrected chi connectivity index (χ0v) is 6.34. The van der Waals surface area contributed by atoms with Gasteiger partial charge in [0.25, 0.3) is 0 Å². The zero-order valence-electron chi connectivity index (χ0n) is 6.34. The van der Waals surface area contributed by atoms with E-state index in [1.165, 1.54) is 0 Å². The molecule has 10 heavy (non-hydrogen) atoms. The molecule has 0 radical (unpaired) electrons. The van der Waals surface area contributed by atoms with Gasteiger partial charge in [0.15, 0.2) is 5.78 Å². The highest BCUT2D eigenvalue weighted by atomic mass is 16.3. The van der Waals surface area contributed by atoms with E-state index in [9.17, 15) is 4.79 Å². The molecule has 1 saturated carbocycles. The lowest BCUT2D eigenvalue weighted by molar-refractivity contribution is -0.130. The Morgan fingerprint density at radius 3 is 2.90 bits per heavy atom. The summed E-state index contributed by atoms with van der Waals surface area (Å²) in [5.41, 5.74) is 0. The molecule has 1 N–H and O–H groups in total. The van der Waals surface area contributed by atoms with Crippen LogP contribution in [0.25, 0.3) is 0 Å². The van der Waals surface area contributed by atoms with Crippen LogP contribution in [0.15, 0.2) is 0 Å². The summed E-state index contributed by atoms with van der Waals surface area (Å²) in [6.45, 7) is 2.10. The molecule has 0 heterocycles. The molecule has 2 heteroatoms. The van der Waals surface area contributed by atoms with Gasteiger partial charge in [0, 0.05) is 6.42 Å². The second kappa shape index (κ2) is 3.15. The number of ketones is 1. The Bertz CT molecular complexity index is 131. The molecule has 1 unspecified atom stereocenters. The Morgan fingerprint density at radius 1 is 1.70 bits per heavy atom. The molecule has 0 aromatic carbocycles. The maximum Gasteiger partial charge on any atom is 0.161 e.